The molecule has 1 N–H and O–H groups in total. The average Bonchev–Trinajstić information content (AvgIpc) is 3.44. The maximum absolute atomic E-state index is 12.1. The zero-order valence-corrected chi connectivity index (χ0v) is 14.1. The molecule has 0 unspecified atom stereocenters. The molecule has 3 aliphatic rings. The van der Waals surface area contributed by atoms with Crippen LogP contribution in [-0.2, 0) is 14.8 Å². The zero-order valence-electron chi connectivity index (χ0n) is 13.3. The molecule has 0 spiro atoms. The first-order valence-corrected chi connectivity index (χ1v) is 10.0. The number of nitriles is 1. The van der Waals surface area contributed by atoms with E-state index in [1.165, 1.54) is 0 Å². The SMILES string of the molecule is N#CC1(CS(=O)(=O)NC[C@H]2CC[C@@H](c3nc(C4CC4)no3)O2)CC1. The van der Waals surface area contributed by atoms with Crippen LogP contribution in [0, 0.1) is 16.7 Å². The molecule has 4 rings (SSSR count). The molecule has 0 radical (unpaired) electrons. The van der Waals surface area contributed by atoms with Crippen LogP contribution in [0.2, 0.25) is 0 Å². The standard InChI is InChI=1S/C15H20N4O4S/c16-8-15(5-6-15)9-24(20,21)17-7-11-3-4-12(22-11)14-18-13(19-23-14)10-1-2-10/h10-12,17H,1-7,9H2/t11-,12+/m1/s1. The Hall–Kier alpha value is -1.50. The molecular formula is C15H20N4O4S. The van der Waals surface area contributed by atoms with E-state index in [0.717, 1.165) is 31.5 Å². The molecule has 2 heterocycles. The Labute approximate surface area is 140 Å². The third-order valence-corrected chi connectivity index (χ3v) is 6.41. The molecule has 2 saturated carbocycles. The minimum absolute atomic E-state index is 0.124. The summed E-state index contributed by atoms with van der Waals surface area (Å²) in [7, 11) is -3.46. The number of nitrogens with zero attached hydrogens (tertiary/aromatic N) is 3. The second kappa shape index (κ2) is 5.79. The van der Waals surface area contributed by atoms with Crippen molar-refractivity contribution in [2.45, 2.75) is 56.7 Å². The molecule has 1 aliphatic heterocycles. The summed E-state index contributed by atoms with van der Waals surface area (Å²) in [6.07, 6.45) is 4.54. The molecule has 0 amide bonds. The molecule has 1 saturated heterocycles. The fourth-order valence-electron chi connectivity index (χ4n) is 3.00. The van der Waals surface area contributed by atoms with Crippen LogP contribution in [0.3, 0.4) is 0 Å². The number of ether oxygens (including phenoxy) is 1. The number of nitrogens with one attached hydrogen (secondary N) is 1. The topological polar surface area (TPSA) is 118 Å². The predicted octanol–water partition coefficient (Wildman–Crippen LogP) is 1.39. The van der Waals surface area contributed by atoms with Crippen LogP contribution in [0.25, 0.3) is 0 Å². The summed E-state index contributed by atoms with van der Waals surface area (Å²) in [5, 5.41) is 13.0. The molecule has 0 bridgehead atoms. The van der Waals surface area contributed by atoms with Crippen LogP contribution in [0.15, 0.2) is 4.52 Å². The van der Waals surface area contributed by atoms with Crippen molar-refractivity contribution in [3.8, 4) is 6.07 Å². The number of hydrogen-bond acceptors (Lipinski definition) is 7. The Bertz CT molecular complexity index is 761. The van der Waals surface area contributed by atoms with Crippen LogP contribution < -0.4 is 4.72 Å². The van der Waals surface area contributed by atoms with E-state index >= 15 is 0 Å². The van der Waals surface area contributed by atoms with Gasteiger partial charge >= 0.3 is 0 Å². The van der Waals surface area contributed by atoms with Gasteiger partial charge in [0, 0.05) is 12.5 Å². The van der Waals surface area contributed by atoms with Crippen molar-refractivity contribution in [1.29, 1.82) is 5.26 Å². The van der Waals surface area contributed by atoms with Gasteiger partial charge in [0.05, 0.1) is 23.3 Å². The zero-order chi connectivity index (χ0) is 16.8. The maximum Gasteiger partial charge on any atom is 0.255 e. The van der Waals surface area contributed by atoms with Crippen LogP contribution in [0.5, 0.6) is 0 Å². The molecule has 8 nitrogen and oxygen atoms in total. The second-order valence-corrected chi connectivity index (χ2v) is 8.90. The van der Waals surface area contributed by atoms with E-state index in [2.05, 4.69) is 20.9 Å². The molecule has 9 heteroatoms. The van der Waals surface area contributed by atoms with E-state index in [0.29, 0.717) is 24.7 Å². The van der Waals surface area contributed by atoms with Gasteiger partial charge < -0.3 is 9.26 Å². The van der Waals surface area contributed by atoms with Gasteiger partial charge in [0.2, 0.25) is 10.0 Å². The minimum Gasteiger partial charge on any atom is -0.364 e. The molecule has 130 valence electrons. The number of rotatable bonds is 7. The Morgan fingerprint density at radius 3 is 2.75 bits per heavy atom. The Morgan fingerprint density at radius 2 is 2.08 bits per heavy atom. The largest absolute Gasteiger partial charge is 0.364 e. The molecule has 1 aromatic heterocycles. The van der Waals surface area contributed by atoms with Gasteiger partial charge in [-0.2, -0.15) is 10.2 Å². The fourth-order valence-corrected chi connectivity index (χ4v) is 4.62. The van der Waals surface area contributed by atoms with Crippen LogP contribution >= 0.6 is 0 Å². The summed E-state index contributed by atoms with van der Waals surface area (Å²) in [4.78, 5) is 4.39. The highest BCUT2D eigenvalue weighted by Crippen LogP contribution is 2.45. The van der Waals surface area contributed by atoms with Gasteiger partial charge in [0.15, 0.2) is 5.82 Å². The van der Waals surface area contributed by atoms with E-state index < -0.39 is 15.4 Å². The molecule has 2 aliphatic carbocycles. The quantitative estimate of drug-likeness (QED) is 0.787. The van der Waals surface area contributed by atoms with Gasteiger partial charge in [-0.1, -0.05) is 5.16 Å². The lowest BCUT2D eigenvalue weighted by Crippen LogP contribution is -2.35. The minimum atomic E-state index is -3.46. The summed E-state index contributed by atoms with van der Waals surface area (Å²) in [5.74, 6) is 1.55. The van der Waals surface area contributed by atoms with Gasteiger partial charge in [0.25, 0.3) is 5.89 Å². The predicted molar refractivity (Wildman–Crippen MR) is 82.2 cm³/mol. The first kappa shape index (κ1) is 16.0. The summed E-state index contributed by atoms with van der Waals surface area (Å²) >= 11 is 0. The Balaban J connectivity index is 1.28. The third-order valence-electron chi connectivity index (χ3n) is 4.87. The van der Waals surface area contributed by atoms with E-state index in [-0.39, 0.29) is 24.5 Å². The monoisotopic (exact) mass is 352 g/mol. The fraction of sp³-hybridized carbons (Fsp3) is 0.800. The van der Waals surface area contributed by atoms with Crippen LogP contribution in [0.1, 0.15) is 62.3 Å². The highest BCUT2D eigenvalue weighted by molar-refractivity contribution is 7.89. The van der Waals surface area contributed by atoms with Gasteiger partial charge in [0.1, 0.15) is 6.10 Å². The summed E-state index contributed by atoms with van der Waals surface area (Å²) in [6, 6.07) is 2.10. The van der Waals surface area contributed by atoms with Crippen molar-refractivity contribution in [2.24, 2.45) is 5.41 Å². The molecule has 24 heavy (non-hydrogen) atoms. The lowest BCUT2D eigenvalue weighted by atomic mass is 10.2. The Kier molecular flexibility index (Phi) is 3.86. The van der Waals surface area contributed by atoms with Crippen molar-refractivity contribution in [3.63, 3.8) is 0 Å². The van der Waals surface area contributed by atoms with Crippen molar-refractivity contribution >= 4 is 10.0 Å². The average molecular weight is 352 g/mol. The number of aromatic nitrogens is 2. The summed E-state index contributed by atoms with van der Waals surface area (Å²) in [6.45, 7) is 0.212. The highest BCUT2D eigenvalue weighted by atomic mass is 32.2. The molecule has 2 atom stereocenters. The van der Waals surface area contributed by atoms with Gasteiger partial charge in [-0.3, -0.25) is 0 Å². The Morgan fingerprint density at radius 1 is 1.29 bits per heavy atom. The van der Waals surface area contributed by atoms with E-state index in [1.807, 2.05) is 0 Å². The first-order valence-electron chi connectivity index (χ1n) is 8.36. The highest BCUT2D eigenvalue weighted by Gasteiger charge is 2.47. The van der Waals surface area contributed by atoms with Gasteiger partial charge in [-0.25, -0.2) is 13.1 Å². The van der Waals surface area contributed by atoms with Gasteiger partial charge in [-0.05, 0) is 38.5 Å². The lowest BCUT2D eigenvalue weighted by molar-refractivity contribution is 0.0290. The molecule has 0 aromatic carbocycles. The normalized spacial score (nSPS) is 28.6. The second-order valence-electron chi connectivity index (χ2n) is 7.09. The summed E-state index contributed by atoms with van der Waals surface area (Å²) in [5.41, 5.74) is -0.673. The van der Waals surface area contributed by atoms with Crippen molar-refractivity contribution in [1.82, 2.24) is 14.9 Å². The first-order chi connectivity index (χ1) is 11.5. The van der Waals surface area contributed by atoms with Gasteiger partial charge in [-0.15, -0.1) is 0 Å². The van der Waals surface area contributed by atoms with Crippen molar-refractivity contribution in [3.05, 3.63) is 11.7 Å². The molecule has 1 aromatic rings. The van der Waals surface area contributed by atoms with Crippen molar-refractivity contribution in [2.75, 3.05) is 12.3 Å². The third kappa shape index (κ3) is 3.45. The van der Waals surface area contributed by atoms with E-state index in [1.54, 1.807) is 0 Å². The summed E-state index contributed by atoms with van der Waals surface area (Å²) < 4.78 is 37.8. The molecule has 3 fully saturated rings. The smallest absolute Gasteiger partial charge is 0.255 e. The number of sulfonamides is 1. The van der Waals surface area contributed by atoms with Crippen LogP contribution in [0.4, 0.5) is 0 Å². The van der Waals surface area contributed by atoms with Crippen molar-refractivity contribution < 1.29 is 17.7 Å². The maximum atomic E-state index is 12.1. The lowest BCUT2D eigenvalue weighted by Gasteiger charge is -2.14. The molecular weight excluding hydrogens is 332 g/mol. The van der Waals surface area contributed by atoms with E-state index in [4.69, 9.17) is 14.5 Å². The number of hydrogen-bond donors (Lipinski definition) is 1. The van der Waals surface area contributed by atoms with Crippen LogP contribution in [-0.4, -0.2) is 37.0 Å². The van der Waals surface area contributed by atoms with E-state index in [9.17, 15) is 8.42 Å².